The smallest absolute Gasteiger partial charge is 0.191 e. The van der Waals surface area contributed by atoms with E-state index < -0.39 is 0 Å². The maximum absolute atomic E-state index is 5.63. The van der Waals surface area contributed by atoms with E-state index in [2.05, 4.69) is 29.4 Å². The molecule has 0 spiro atoms. The number of nitrogens with zero attached hydrogens (tertiary/aromatic N) is 2. The number of hydrogen-bond acceptors (Lipinski definition) is 4. The summed E-state index contributed by atoms with van der Waals surface area (Å²) >= 11 is 0. The van der Waals surface area contributed by atoms with E-state index >= 15 is 0 Å². The monoisotopic (exact) mass is 510 g/mol. The first-order valence-corrected chi connectivity index (χ1v) is 11.2. The minimum atomic E-state index is 0. The number of nitrogens with one attached hydrogen (secondary N) is 2. The van der Waals surface area contributed by atoms with Gasteiger partial charge >= 0.3 is 0 Å². The molecule has 0 radical (unpaired) electrons. The summed E-state index contributed by atoms with van der Waals surface area (Å²) in [6.45, 7) is 13.8. The maximum atomic E-state index is 5.63. The molecule has 0 atom stereocenters. The summed E-state index contributed by atoms with van der Waals surface area (Å²) in [5, 5.41) is 6.94. The Labute approximate surface area is 189 Å². The van der Waals surface area contributed by atoms with E-state index in [4.69, 9.17) is 14.5 Å². The van der Waals surface area contributed by atoms with E-state index in [-0.39, 0.29) is 24.0 Å². The lowest BCUT2D eigenvalue weighted by molar-refractivity contribution is 0.0372. The molecular formula is C21H43IN4O2. The van der Waals surface area contributed by atoms with Crippen molar-refractivity contribution in [3.05, 3.63) is 0 Å². The molecular weight excluding hydrogens is 467 g/mol. The van der Waals surface area contributed by atoms with Crippen LogP contribution in [0.25, 0.3) is 0 Å². The van der Waals surface area contributed by atoms with E-state index in [0.29, 0.717) is 5.41 Å². The number of morpholine rings is 1. The highest BCUT2D eigenvalue weighted by Crippen LogP contribution is 2.41. The molecule has 7 heteroatoms. The van der Waals surface area contributed by atoms with E-state index in [9.17, 15) is 0 Å². The molecule has 0 aromatic rings. The Balaban J connectivity index is 0.00000392. The van der Waals surface area contributed by atoms with Gasteiger partial charge in [-0.3, -0.25) is 9.89 Å². The van der Waals surface area contributed by atoms with Crippen molar-refractivity contribution in [2.75, 3.05) is 65.7 Å². The van der Waals surface area contributed by atoms with Crippen molar-refractivity contribution in [1.82, 2.24) is 15.5 Å². The number of ether oxygens (including phenoxy) is 2. The van der Waals surface area contributed by atoms with Gasteiger partial charge in [-0.05, 0) is 57.9 Å². The van der Waals surface area contributed by atoms with Crippen LogP contribution in [0.15, 0.2) is 4.99 Å². The quantitative estimate of drug-likeness (QED) is 0.183. The number of halogens is 1. The fourth-order valence-electron chi connectivity index (χ4n) is 4.13. The molecule has 6 nitrogen and oxygen atoms in total. The first-order chi connectivity index (χ1) is 13.3. The van der Waals surface area contributed by atoms with Crippen LogP contribution >= 0.6 is 24.0 Å². The number of aliphatic imine (C=N–C) groups is 1. The van der Waals surface area contributed by atoms with Crippen LogP contribution in [0.5, 0.6) is 0 Å². The zero-order valence-electron chi connectivity index (χ0n) is 18.1. The second-order valence-corrected chi connectivity index (χ2v) is 7.94. The van der Waals surface area contributed by atoms with Gasteiger partial charge in [0.2, 0.25) is 0 Å². The molecule has 28 heavy (non-hydrogen) atoms. The van der Waals surface area contributed by atoms with Crippen LogP contribution in [0.3, 0.4) is 0 Å². The van der Waals surface area contributed by atoms with Gasteiger partial charge in [0, 0.05) is 45.9 Å². The summed E-state index contributed by atoms with van der Waals surface area (Å²) < 4.78 is 11.0. The lowest BCUT2D eigenvalue weighted by Crippen LogP contribution is -2.39. The van der Waals surface area contributed by atoms with Crippen LogP contribution in [0.2, 0.25) is 0 Å². The molecule has 1 aliphatic heterocycles. The Bertz CT molecular complexity index is 411. The van der Waals surface area contributed by atoms with Crippen molar-refractivity contribution in [3.8, 4) is 0 Å². The van der Waals surface area contributed by atoms with Gasteiger partial charge in [0.25, 0.3) is 0 Å². The molecule has 1 saturated heterocycles. The summed E-state index contributed by atoms with van der Waals surface area (Å²) in [5.74, 6) is 0.978. The van der Waals surface area contributed by atoms with Crippen molar-refractivity contribution >= 4 is 29.9 Å². The Kier molecular flexibility index (Phi) is 14.5. The Morgan fingerprint density at radius 2 is 1.86 bits per heavy atom. The molecule has 0 unspecified atom stereocenters. The molecule has 0 amide bonds. The van der Waals surface area contributed by atoms with Gasteiger partial charge in [0.1, 0.15) is 0 Å². The highest BCUT2D eigenvalue weighted by atomic mass is 127. The van der Waals surface area contributed by atoms with E-state index in [1.54, 1.807) is 0 Å². The normalized spacial score (nSPS) is 20.0. The third kappa shape index (κ3) is 10.1. The largest absolute Gasteiger partial charge is 0.382 e. The number of guanidine groups is 1. The maximum Gasteiger partial charge on any atom is 0.191 e. The average Bonchev–Trinajstić information content (AvgIpc) is 3.16. The Morgan fingerprint density at radius 3 is 2.54 bits per heavy atom. The van der Waals surface area contributed by atoms with Crippen LogP contribution in [0.1, 0.15) is 58.8 Å². The lowest BCUT2D eigenvalue weighted by Gasteiger charge is -2.27. The van der Waals surface area contributed by atoms with Crippen LogP contribution in [0.4, 0.5) is 0 Å². The van der Waals surface area contributed by atoms with Crippen LogP contribution < -0.4 is 10.6 Å². The minimum absolute atomic E-state index is 0. The van der Waals surface area contributed by atoms with Gasteiger partial charge in [-0.1, -0.05) is 12.8 Å². The molecule has 166 valence electrons. The molecule has 2 rings (SSSR count). The second-order valence-electron chi connectivity index (χ2n) is 7.94. The first-order valence-electron chi connectivity index (χ1n) is 11.2. The molecule has 2 N–H and O–H groups in total. The van der Waals surface area contributed by atoms with Crippen LogP contribution in [0, 0.1) is 5.41 Å². The highest BCUT2D eigenvalue weighted by Gasteiger charge is 2.33. The van der Waals surface area contributed by atoms with Crippen molar-refractivity contribution in [2.45, 2.75) is 58.8 Å². The summed E-state index contributed by atoms with van der Waals surface area (Å²) in [6, 6.07) is 0. The van der Waals surface area contributed by atoms with Crippen LogP contribution in [-0.4, -0.2) is 76.6 Å². The average molecular weight is 511 g/mol. The fourth-order valence-corrected chi connectivity index (χ4v) is 4.13. The molecule has 1 heterocycles. The summed E-state index contributed by atoms with van der Waals surface area (Å²) in [4.78, 5) is 7.45. The zero-order valence-corrected chi connectivity index (χ0v) is 20.5. The first kappa shape index (κ1) is 25.9. The van der Waals surface area contributed by atoms with Gasteiger partial charge in [-0.15, -0.1) is 24.0 Å². The van der Waals surface area contributed by atoms with Crippen LogP contribution in [-0.2, 0) is 9.47 Å². The van der Waals surface area contributed by atoms with Crippen molar-refractivity contribution in [2.24, 2.45) is 10.4 Å². The van der Waals surface area contributed by atoms with Gasteiger partial charge in [-0.2, -0.15) is 0 Å². The molecule has 1 saturated carbocycles. The molecule has 0 aromatic carbocycles. The number of rotatable bonds is 12. The second kappa shape index (κ2) is 15.7. The van der Waals surface area contributed by atoms with Crippen molar-refractivity contribution in [1.29, 1.82) is 0 Å². The standard InChI is InChI=1S/C21H42N4O2.HI/c1-3-22-20(23-12-7-8-13-25-14-17-27-18-15-25)24-19-21(9-5-6-10-21)11-16-26-4-2;/h3-19H2,1-2H3,(H2,22,23,24);1H. The molecule has 2 fully saturated rings. The molecule has 2 aliphatic rings. The number of unbranched alkanes of at least 4 members (excludes halogenated alkanes) is 1. The van der Waals surface area contributed by atoms with E-state index in [1.807, 2.05) is 0 Å². The zero-order chi connectivity index (χ0) is 19.2. The SMILES string of the molecule is CCNC(=NCC1(CCOCC)CCCC1)NCCCCN1CCOCC1.I. The number of hydrogen-bond donors (Lipinski definition) is 2. The van der Waals surface area contributed by atoms with Gasteiger partial charge < -0.3 is 20.1 Å². The molecule has 0 bridgehead atoms. The Morgan fingerprint density at radius 1 is 1.11 bits per heavy atom. The molecule has 0 aromatic heterocycles. The highest BCUT2D eigenvalue weighted by molar-refractivity contribution is 14.0. The summed E-state index contributed by atoms with van der Waals surface area (Å²) in [5.41, 5.74) is 0.355. The molecule has 1 aliphatic carbocycles. The van der Waals surface area contributed by atoms with Gasteiger partial charge in [-0.25, -0.2) is 0 Å². The predicted molar refractivity (Wildman–Crippen MR) is 128 cm³/mol. The van der Waals surface area contributed by atoms with E-state index in [0.717, 1.165) is 71.5 Å². The van der Waals surface area contributed by atoms with Gasteiger partial charge in [0.15, 0.2) is 5.96 Å². The third-order valence-electron chi connectivity index (χ3n) is 5.86. The lowest BCUT2D eigenvalue weighted by atomic mass is 9.83. The summed E-state index contributed by atoms with van der Waals surface area (Å²) in [7, 11) is 0. The van der Waals surface area contributed by atoms with Crippen molar-refractivity contribution in [3.63, 3.8) is 0 Å². The minimum Gasteiger partial charge on any atom is -0.382 e. The van der Waals surface area contributed by atoms with Gasteiger partial charge in [0.05, 0.1) is 13.2 Å². The summed E-state index contributed by atoms with van der Waals surface area (Å²) in [6.07, 6.45) is 8.82. The fraction of sp³-hybridized carbons (Fsp3) is 0.952. The third-order valence-corrected chi connectivity index (χ3v) is 5.86. The predicted octanol–water partition coefficient (Wildman–Crippen LogP) is 3.26. The topological polar surface area (TPSA) is 58.1 Å². The van der Waals surface area contributed by atoms with E-state index in [1.165, 1.54) is 45.1 Å². The van der Waals surface area contributed by atoms with Crippen molar-refractivity contribution < 1.29 is 9.47 Å². The Hall–Kier alpha value is -0.120.